The van der Waals surface area contributed by atoms with Gasteiger partial charge in [-0.2, -0.15) is 0 Å². The van der Waals surface area contributed by atoms with Gasteiger partial charge in [-0.25, -0.2) is 9.78 Å². The van der Waals surface area contributed by atoms with Crippen molar-refractivity contribution in [2.45, 2.75) is 46.1 Å². The van der Waals surface area contributed by atoms with Gasteiger partial charge >= 0.3 is 5.97 Å². The third-order valence-electron chi connectivity index (χ3n) is 5.27. The number of fused-ring (bicyclic) bond motifs is 1. The number of hydrogen-bond donors (Lipinski definition) is 1. The molecule has 0 radical (unpaired) electrons. The van der Waals surface area contributed by atoms with Crippen LogP contribution in [-0.4, -0.2) is 22.6 Å². The molecule has 5 heteroatoms. The first-order chi connectivity index (χ1) is 13.5. The first-order valence-electron chi connectivity index (χ1n) is 9.91. The lowest BCUT2D eigenvalue weighted by Gasteiger charge is -2.12. The van der Waals surface area contributed by atoms with Crippen LogP contribution >= 0.6 is 0 Å². The molecule has 0 atom stereocenters. The van der Waals surface area contributed by atoms with Crippen LogP contribution in [0.1, 0.15) is 54.1 Å². The number of carbonyl (C=O) groups is 1. The maximum absolute atomic E-state index is 12.3. The number of benzene rings is 1. The summed E-state index contributed by atoms with van der Waals surface area (Å²) in [6.45, 7) is 7.57. The number of pyridine rings is 1. The van der Waals surface area contributed by atoms with Crippen molar-refractivity contribution in [2.24, 2.45) is 5.92 Å². The number of anilines is 2. The molecular weight excluding hydrogens is 350 g/mol. The highest BCUT2D eigenvalue weighted by atomic mass is 16.5. The molecule has 28 heavy (non-hydrogen) atoms. The number of esters is 1. The molecule has 2 heterocycles. The molecule has 1 aliphatic carbocycles. The Kier molecular flexibility index (Phi) is 4.84. The molecule has 0 bridgehead atoms. The molecular formula is C23H27N3O2. The number of nitrogens with one attached hydrogen (secondary N) is 1. The third kappa shape index (κ3) is 3.61. The van der Waals surface area contributed by atoms with E-state index in [-0.39, 0.29) is 5.97 Å². The SMILES string of the molecule is COC(=O)c1cc(C2CC2)cnc1Nc1ccc2c(c1)c(C)cn2CC(C)C. The van der Waals surface area contributed by atoms with E-state index in [2.05, 4.69) is 54.0 Å². The van der Waals surface area contributed by atoms with Crippen molar-refractivity contribution < 1.29 is 9.53 Å². The molecule has 1 aromatic carbocycles. The van der Waals surface area contributed by atoms with Gasteiger partial charge in [0, 0.05) is 35.5 Å². The Hall–Kier alpha value is -2.82. The van der Waals surface area contributed by atoms with Gasteiger partial charge in [0.05, 0.1) is 7.11 Å². The van der Waals surface area contributed by atoms with Crippen molar-refractivity contribution in [3.05, 3.63) is 53.3 Å². The second kappa shape index (κ2) is 7.30. The normalized spacial score (nSPS) is 13.9. The quantitative estimate of drug-likeness (QED) is 0.584. The van der Waals surface area contributed by atoms with E-state index < -0.39 is 0 Å². The highest BCUT2D eigenvalue weighted by Gasteiger charge is 2.26. The summed E-state index contributed by atoms with van der Waals surface area (Å²) < 4.78 is 7.28. The van der Waals surface area contributed by atoms with Crippen LogP contribution in [0, 0.1) is 12.8 Å². The predicted molar refractivity (Wildman–Crippen MR) is 112 cm³/mol. The Bertz CT molecular complexity index is 1030. The van der Waals surface area contributed by atoms with Crippen LogP contribution in [0.25, 0.3) is 10.9 Å². The maximum atomic E-state index is 12.3. The van der Waals surface area contributed by atoms with Crippen molar-refractivity contribution in [3.63, 3.8) is 0 Å². The Morgan fingerprint density at radius 2 is 2.11 bits per heavy atom. The lowest BCUT2D eigenvalue weighted by molar-refractivity contribution is 0.0601. The van der Waals surface area contributed by atoms with Gasteiger partial charge in [-0.3, -0.25) is 0 Å². The average Bonchev–Trinajstić information content (AvgIpc) is 3.47. The van der Waals surface area contributed by atoms with E-state index >= 15 is 0 Å². The topological polar surface area (TPSA) is 56.1 Å². The number of aryl methyl sites for hydroxylation is 1. The molecule has 0 amide bonds. The van der Waals surface area contributed by atoms with E-state index in [1.807, 2.05) is 18.3 Å². The molecule has 3 aromatic rings. The molecule has 1 N–H and O–H groups in total. The van der Waals surface area contributed by atoms with Crippen LogP contribution in [0.2, 0.25) is 0 Å². The summed E-state index contributed by atoms with van der Waals surface area (Å²) in [5.41, 5.74) is 4.98. The molecule has 0 unspecified atom stereocenters. The van der Waals surface area contributed by atoms with E-state index in [1.165, 1.54) is 36.4 Å². The molecule has 0 spiro atoms. The van der Waals surface area contributed by atoms with Gasteiger partial charge in [-0.05, 0) is 67.0 Å². The third-order valence-corrected chi connectivity index (χ3v) is 5.27. The van der Waals surface area contributed by atoms with E-state index in [1.54, 1.807) is 0 Å². The van der Waals surface area contributed by atoms with Crippen molar-refractivity contribution >= 4 is 28.4 Å². The molecule has 1 aliphatic rings. The van der Waals surface area contributed by atoms with E-state index in [0.29, 0.717) is 23.2 Å². The highest BCUT2D eigenvalue weighted by Crippen LogP contribution is 2.40. The van der Waals surface area contributed by atoms with E-state index in [9.17, 15) is 4.79 Å². The largest absolute Gasteiger partial charge is 0.465 e. The first-order valence-corrected chi connectivity index (χ1v) is 9.91. The first kappa shape index (κ1) is 18.5. The molecule has 1 fully saturated rings. The number of nitrogens with zero attached hydrogens (tertiary/aromatic N) is 2. The minimum atomic E-state index is -0.363. The Morgan fingerprint density at radius 1 is 1.32 bits per heavy atom. The van der Waals surface area contributed by atoms with Crippen LogP contribution in [0.5, 0.6) is 0 Å². The Labute approximate surface area is 165 Å². The molecule has 1 saturated carbocycles. The molecule has 5 nitrogen and oxygen atoms in total. The minimum Gasteiger partial charge on any atom is -0.465 e. The van der Waals surface area contributed by atoms with Gasteiger partial charge < -0.3 is 14.6 Å². The monoisotopic (exact) mass is 377 g/mol. The number of hydrogen-bond acceptors (Lipinski definition) is 4. The summed E-state index contributed by atoms with van der Waals surface area (Å²) in [5, 5.41) is 4.53. The number of methoxy groups -OCH3 is 1. The van der Waals surface area contributed by atoms with Crippen molar-refractivity contribution in [1.29, 1.82) is 0 Å². The average molecular weight is 377 g/mol. The van der Waals surface area contributed by atoms with Crippen LogP contribution in [-0.2, 0) is 11.3 Å². The van der Waals surface area contributed by atoms with E-state index in [4.69, 9.17) is 4.74 Å². The van der Waals surface area contributed by atoms with Gasteiger partial charge in [0.1, 0.15) is 11.4 Å². The summed E-state index contributed by atoms with van der Waals surface area (Å²) in [4.78, 5) is 16.8. The summed E-state index contributed by atoms with van der Waals surface area (Å²) in [7, 11) is 1.41. The van der Waals surface area contributed by atoms with Crippen molar-refractivity contribution in [1.82, 2.24) is 9.55 Å². The number of aromatic nitrogens is 2. The van der Waals surface area contributed by atoms with Gasteiger partial charge in [0.15, 0.2) is 0 Å². The Balaban J connectivity index is 1.68. The van der Waals surface area contributed by atoms with Crippen molar-refractivity contribution in [2.75, 3.05) is 12.4 Å². The highest BCUT2D eigenvalue weighted by molar-refractivity contribution is 5.96. The fourth-order valence-electron chi connectivity index (χ4n) is 3.72. The molecule has 2 aromatic heterocycles. The van der Waals surface area contributed by atoms with Gasteiger partial charge in [-0.15, -0.1) is 0 Å². The standard InChI is InChI=1S/C23H27N3O2/c1-14(2)12-26-13-15(3)19-10-18(7-8-21(19)26)25-22-20(23(27)28-4)9-17(11-24-22)16-5-6-16/h7-11,13-14,16H,5-6,12H2,1-4H3,(H,24,25). The van der Waals surface area contributed by atoms with Crippen LogP contribution in [0.3, 0.4) is 0 Å². The van der Waals surface area contributed by atoms with Crippen LogP contribution in [0.4, 0.5) is 11.5 Å². The van der Waals surface area contributed by atoms with E-state index in [0.717, 1.165) is 17.8 Å². The summed E-state index contributed by atoms with van der Waals surface area (Å²) in [6, 6.07) is 8.21. The summed E-state index contributed by atoms with van der Waals surface area (Å²) >= 11 is 0. The summed E-state index contributed by atoms with van der Waals surface area (Å²) in [6.07, 6.45) is 6.41. The molecule has 0 saturated heterocycles. The Morgan fingerprint density at radius 3 is 2.79 bits per heavy atom. The number of carbonyl (C=O) groups excluding carboxylic acids is 1. The van der Waals surface area contributed by atoms with Gasteiger partial charge in [0.2, 0.25) is 0 Å². The number of ether oxygens (including phenoxy) is 1. The lowest BCUT2D eigenvalue weighted by Crippen LogP contribution is -2.08. The zero-order valence-electron chi connectivity index (χ0n) is 17.0. The number of rotatable bonds is 6. The zero-order valence-corrected chi connectivity index (χ0v) is 17.0. The summed E-state index contributed by atoms with van der Waals surface area (Å²) in [5.74, 6) is 1.29. The predicted octanol–water partition coefficient (Wildman–Crippen LogP) is 5.41. The van der Waals surface area contributed by atoms with Gasteiger partial charge in [-0.1, -0.05) is 13.8 Å². The smallest absolute Gasteiger partial charge is 0.341 e. The molecule has 4 rings (SSSR count). The fraction of sp³-hybridized carbons (Fsp3) is 0.391. The second-order valence-electron chi connectivity index (χ2n) is 8.15. The van der Waals surface area contributed by atoms with Crippen molar-refractivity contribution in [3.8, 4) is 0 Å². The molecule has 146 valence electrons. The molecule has 0 aliphatic heterocycles. The van der Waals surface area contributed by atoms with Crippen LogP contribution < -0.4 is 5.32 Å². The zero-order chi connectivity index (χ0) is 19.8. The fourth-order valence-corrected chi connectivity index (χ4v) is 3.72. The lowest BCUT2D eigenvalue weighted by atomic mass is 10.1. The van der Waals surface area contributed by atoms with Crippen LogP contribution in [0.15, 0.2) is 36.7 Å². The minimum absolute atomic E-state index is 0.363. The maximum Gasteiger partial charge on any atom is 0.341 e. The van der Waals surface area contributed by atoms with Gasteiger partial charge in [0.25, 0.3) is 0 Å². The second-order valence-corrected chi connectivity index (χ2v) is 8.15.